The van der Waals surface area contributed by atoms with Crippen molar-refractivity contribution in [2.45, 2.75) is 66.2 Å². The number of rotatable bonds is 5. The third kappa shape index (κ3) is 6.57. The molecule has 0 aliphatic carbocycles. The molecular weight excluding hydrogens is 392 g/mol. The lowest BCUT2D eigenvalue weighted by Gasteiger charge is -2.32. The summed E-state index contributed by atoms with van der Waals surface area (Å²) in [7, 11) is 0. The van der Waals surface area contributed by atoms with E-state index in [4.69, 9.17) is 4.74 Å². The van der Waals surface area contributed by atoms with Crippen LogP contribution in [0.3, 0.4) is 0 Å². The molecule has 168 valence electrons. The van der Waals surface area contributed by atoms with Crippen LogP contribution in [0.25, 0.3) is 0 Å². The van der Waals surface area contributed by atoms with E-state index in [0.29, 0.717) is 39.0 Å². The number of likely N-dealkylation sites (tertiary alicyclic amines) is 1. The van der Waals surface area contributed by atoms with Crippen LogP contribution in [0.15, 0.2) is 30.3 Å². The quantitative estimate of drug-likeness (QED) is 0.789. The number of nitrogens with zero attached hydrogens (tertiary/aromatic N) is 3. The molecule has 0 spiro atoms. The average Bonchev–Trinajstić information content (AvgIpc) is 3.02. The molecule has 1 aliphatic rings. The SMILES string of the molecule is Cc1cc(C)n(Cc2cccc(CNC(=O)C3CCN(C(=O)OC(C)(C)C)CC3)c2)n1. The minimum absolute atomic E-state index is 0.0489. The van der Waals surface area contributed by atoms with Crippen LogP contribution < -0.4 is 5.32 Å². The molecule has 2 aromatic rings. The zero-order valence-electron chi connectivity index (χ0n) is 19.3. The Balaban J connectivity index is 1.48. The molecule has 1 saturated heterocycles. The molecule has 0 atom stereocenters. The lowest BCUT2D eigenvalue weighted by molar-refractivity contribution is -0.126. The van der Waals surface area contributed by atoms with Crippen molar-refractivity contribution < 1.29 is 14.3 Å². The fourth-order valence-electron chi connectivity index (χ4n) is 3.83. The van der Waals surface area contributed by atoms with Gasteiger partial charge in [0.1, 0.15) is 5.60 Å². The highest BCUT2D eigenvalue weighted by molar-refractivity contribution is 5.79. The van der Waals surface area contributed by atoms with E-state index in [0.717, 1.165) is 22.5 Å². The summed E-state index contributed by atoms with van der Waals surface area (Å²) in [5.41, 5.74) is 3.86. The number of amides is 2. The van der Waals surface area contributed by atoms with Gasteiger partial charge in [-0.3, -0.25) is 9.48 Å². The maximum absolute atomic E-state index is 12.6. The Morgan fingerprint density at radius 3 is 2.42 bits per heavy atom. The molecule has 1 fully saturated rings. The predicted octanol–water partition coefficient (Wildman–Crippen LogP) is 3.81. The zero-order chi connectivity index (χ0) is 22.6. The monoisotopic (exact) mass is 426 g/mol. The van der Waals surface area contributed by atoms with Crippen LogP contribution >= 0.6 is 0 Å². The number of carbonyl (C=O) groups excluding carboxylic acids is 2. The average molecular weight is 427 g/mol. The maximum atomic E-state index is 12.6. The van der Waals surface area contributed by atoms with Crippen LogP contribution in [-0.4, -0.2) is 45.4 Å². The second-order valence-corrected chi connectivity index (χ2v) is 9.36. The summed E-state index contributed by atoms with van der Waals surface area (Å²) in [6.45, 7) is 11.9. The zero-order valence-corrected chi connectivity index (χ0v) is 19.3. The summed E-state index contributed by atoms with van der Waals surface area (Å²) in [6, 6.07) is 10.3. The molecule has 1 aromatic heterocycles. The summed E-state index contributed by atoms with van der Waals surface area (Å²) in [5, 5.41) is 7.58. The summed E-state index contributed by atoms with van der Waals surface area (Å²) in [5.74, 6) is -0.0237. The lowest BCUT2D eigenvalue weighted by Crippen LogP contribution is -2.44. The molecule has 0 radical (unpaired) electrons. The molecule has 0 bridgehead atoms. The molecule has 7 heteroatoms. The van der Waals surface area contributed by atoms with Gasteiger partial charge in [0.2, 0.25) is 5.91 Å². The van der Waals surface area contributed by atoms with Gasteiger partial charge in [0.25, 0.3) is 0 Å². The third-order valence-electron chi connectivity index (χ3n) is 5.41. The number of aromatic nitrogens is 2. The first-order chi connectivity index (χ1) is 14.6. The number of hydrogen-bond donors (Lipinski definition) is 1. The number of carbonyl (C=O) groups is 2. The Morgan fingerprint density at radius 2 is 1.81 bits per heavy atom. The van der Waals surface area contributed by atoms with Gasteiger partial charge in [-0.15, -0.1) is 0 Å². The minimum atomic E-state index is -0.505. The second-order valence-electron chi connectivity index (χ2n) is 9.36. The van der Waals surface area contributed by atoms with E-state index in [9.17, 15) is 9.59 Å². The highest BCUT2D eigenvalue weighted by Crippen LogP contribution is 2.20. The van der Waals surface area contributed by atoms with Crippen LogP contribution in [0.5, 0.6) is 0 Å². The largest absolute Gasteiger partial charge is 0.444 e. The Hall–Kier alpha value is -2.83. The Bertz CT molecular complexity index is 921. The van der Waals surface area contributed by atoms with Crippen molar-refractivity contribution >= 4 is 12.0 Å². The van der Waals surface area contributed by atoms with Gasteiger partial charge in [-0.05, 0) is 64.7 Å². The maximum Gasteiger partial charge on any atom is 0.410 e. The Morgan fingerprint density at radius 1 is 1.13 bits per heavy atom. The highest BCUT2D eigenvalue weighted by atomic mass is 16.6. The van der Waals surface area contributed by atoms with Gasteiger partial charge in [-0.2, -0.15) is 5.10 Å². The summed E-state index contributed by atoms with van der Waals surface area (Å²) < 4.78 is 7.41. The molecule has 7 nitrogen and oxygen atoms in total. The standard InChI is InChI=1S/C24H34N4O3/c1-17-13-18(2)28(26-17)16-20-8-6-7-19(14-20)15-25-22(29)21-9-11-27(12-10-21)23(30)31-24(3,4)5/h6-8,13-14,21H,9-12,15-16H2,1-5H3,(H,25,29). The van der Waals surface area contributed by atoms with Crippen molar-refractivity contribution in [1.82, 2.24) is 20.0 Å². The van der Waals surface area contributed by atoms with Gasteiger partial charge in [-0.1, -0.05) is 24.3 Å². The smallest absolute Gasteiger partial charge is 0.410 e. The molecule has 3 rings (SSSR count). The van der Waals surface area contributed by atoms with Crippen LogP contribution in [-0.2, 0) is 22.6 Å². The summed E-state index contributed by atoms with van der Waals surface area (Å²) in [4.78, 5) is 26.5. The van der Waals surface area contributed by atoms with Crippen molar-refractivity contribution in [3.8, 4) is 0 Å². The van der Waals surface area contributed by atoms with Crippen molar-refractivity contribution in [2.24, 2.45) is 5.92 Å². The second kappa shape index (κ2) is 9.54. The van der Waals surface area contributed by atoms with Gasteiger partial charge in [-0.25, -0.2) is 4.79 Å². The van der Waals surface area contributed by atoms with Gasteiger partial charge in [0.15, 0.2) is 0 Å². The molecule has 31 heavy (non-hydrogen) atoms. The van der Waals surface area contributed by atoms with Crippen molar-refractivity contribution in [3.05, 3.63) is 52.8 Å². The summed E-state index contributed by atoms with van der Waals surface area (Å²) in [6.07, 6.45) is 1.01. The van der Waals surface area contributed by atoms with Crippen LogP contribution in [0.4, 0.5) is 4.79 Å². The first kappa shape index (κ1) is 22.8. The summed E-state index contributed by atoms with van der Waals surface area (Å²) >= 11 is 0. The van der Waals surface area contributed by atoms with Crippen molar-refractivity contribution in [3.63, 3.8) is 0 Å². The van der Waals surface area contributed by atoms with E-state index < -0.39 is 5.60 Å². The van der Waals surface area contributed by atoms with E-state index in [2.05, 4.69) is 35.5 Å². The topological polar surface area (TPSA) is 76.5 Å². The van der Waals surface area contributed by atoms with E-state index in [1.165, 1.54) is 0 Å². The highest BCUT2D eigenvalue weighted by Gasteiger charge is 2.29. The molecular formula is C24H34N4O3. The van der Waals surface area contributed by atoms with Gasteiger partial charge < -0.3 is 15.0 Å². The number of piperidine rings is 1. The number of nitrogens with one attached hydrogen (secondary N) is 1. The molecule has 1 aliphatic heterocycles. The lowest BCUT2D eigenvalue weighted by atomic mass is 9.96. The number of ether oxygens (including phenoxy) is 1. The molecule has 1 aromatic carbocycles. The first-order valence-corrected chi connectivity index (χ1v) is 11.0. The molecule has 0 unspecified atom stereocenters. The van der Waals surface area contributed by atoms with E-state index in [1.54, 1.807) is 4.90 Å². The molecule has 1 N–H and O–H groups in total. The fraction of sp³-hybridized carbons (Fsp3) is 0.542. The van der Waals surface area contributed by atoms with Gasteiger partial charge >= 0.3 is 6.09 Å². The van der Waals surface area contributed by atoms with Crippen molar-refractivity contribution in [1.29, 1.82) is 0 Å². The number of benzene rings is 1. The number of hydrogen-bond acceptors (Lipinski definition) is 4. The Labute approximate surface area is 184 Å². The fourth-order valence-corrected chi connectivity index (χ4v) is 3.83. The minimum Gasteiger partial charge on any atom is -0.444 e. The molecule has 2 amide bonds. The first-order valence-electron chi connectivity index (χ1n) is 11.0. The molecule has 0 saturated carbocycles. The van der Waals surface area contributed by atoms with Gasteiger partial charge in [0, 0.05) is 31.2 Å². The van der Waals surface area contributed by atoms with E-state index >= 15 is 0 Å². The number of aryl methyl sites for hydroxylation is 2. The third-order valence-corrected chi connectivity index (χ3v) is 5.41. The van der Waals surface area contributed by atoms with Crippen molar-refractivity contribution in [2.75, 3.05) is 13.1 Å². The molecule has 2 heterocycles. The normalized spacial score (nSPS) is 15.1. The van der Waals surface area contributed by atoms with E-state index in [1.807, 2.05) is 44.5 Å². The van der Waals surface area contributed by atoms with Crippen LogP contribution in [0, 0.1) is 19.8 Å². The van der Waals surface area contributed by atoms with Gasteiger partial charge in [0.05, 0.1) is 12.2 Å². The van der Waals surface area contributed by atoms with Crippen LogP contribution in [0.2, 0.25) is 0 Å². The predicted molar refractivity (Wildman–Crippen MR) is 120 cm³/mol. The Kier molecular flexibility index (Phi) is 7.03. The van der Waals surface area contributed by atoms with Crippen LogP contribution in [0.1, 0.15) is 56.1 Å². The van der Waals surface area contributed by atoms with E-state index in [-0.39, 0.29) is 17.9 Å².